The maximum atomic E-state index is 14.0. The second-order valence-corrected chi connectivity index (χ2v) is 9.67. The Labute approximate surface area is 197 Å². The molecule has 3 aromatic carbocycles. The van der Waals surface area contributed by atoms with Crippen LogP contribution in [-0.2, 0) is 6.54 Å². The summed E-state index contributed by atoms with van der Waals surface area (Å²) in [4.78, 5) is 5.00. The summed E-state index contributed by atoms with van der Waals surface area (Å²) in [5.41, 5.74) is 2.20. The number of para-hydroxylation sites is 1. The number of fused-ring (bicyclic) bond motifs is 4. The van der Waals surface area contributed by atoms with Gasteiger partial charge in [-0.15, -0.1) is 0 Å². The first-order chi connectivity index (χ1) is 16.3. The molecule has 0 saturated carbocycles. The summed E-state index contributed by atoms with van der Waals surface area (Å²) in [5.74, 6) is 0.978. The Morgan fingerprint density at radius 3 is 2.36 bits per heavy atom. The molecule has 3 heterocycles. The van der Waals surface area contributed by atoms with Crippen molar-refractivity contribution >= 4 is 49.2 Å². The van der Waals surface area contributed by atoms with E-state index in [0.29, 0.717) is 0 Å². The van der Waals surface area contributed by atoms with Gasteiger partial charge in [0.05, 0.1) is 10.2 Å². The number of aryl methyl sites for hydroxylation is 1. The molecular weight excluding hydrogens is 431 g/mol. The lowest BCUT2D eigenvalue weighted by molar-refractivity contribution is 0.251. The van der Waals surface area contributed by atoms with Crippen molar-refractivity contribution in [2.45, 2.75) is 19.4 Å². The zero-order valence-corrected chi connectivity index (χ0v) is 19.4. The molecule has 1 saturated heterocycles. The number of rotatable bonds is 6. The molecule has 168 valence electrons. The summed E-state index contributed by atoms with van der Waals surface area (Å²) in [6, 6.07) is 22.1. The zero-order chi connectivity index (χ0) is 22.2. The lowest BCUT2D eigenvalue weighted by atomic mass is 10.1. The van der Waals surface area contributed by atoms with E-state index in [1.54, 1.807) is 23.7 Å². The SMILES string of the molecule is Fc1ccc2c3ccccc3n(CCCCN3CCN(c4nsc5ccccc45)CC3)c2c1. The monoisotopic (exact) mass is 458 g/mol. The average molecular weight is 459 g/mol. The molecule has 1 fully saturated rings. The lowest BCUT2D eigenvalue weighted by Crippen LogP contribution is -2.46. The Balaban J connectivity index is 1.07. The highest BCUT2D eigenvalue weighted by molar-refractivity contribution is 7.13. The van der Waals surface area contributed by atoms with E-state index in [-0.39, 0.29) is 5.82 Å². The molecule has 0 unspecified atom stereocenters. The van der Waals surface area contributed by atoms with Crippen LogP contribution in [0, 0.1) is 5.82 Å². The summed E-state index contributed by atoms with van der Waals surface area (Å²) in [5, 5.41) is 3.62. The molecule has 2 aromatic heterocycles. The van der Waals surface area contributed by atoms with Gasteiger partial charge in [0.15, 0.2) is 0 Å². The van der Waals surface area contributed by atoms with E-state index in [0.717, 1.165) is 68.8 Å². The largest absolute Gasteiger partial charge is 0.353 e. The summed E-state index contributed by atoms with van der Waals surface area (Å²) in [6.07, 6.45) is 2.23. The van der Waals surface area contributed by atoms with Crippen molar-refractivity contribution < 1.29 is 4.39 Å². The predicted molar refractivity (Wildman–Crippen MR) is 137 cm³/mol. The molecule has 0 N–H and O–H groups in total. The number of nitrogens with zero attached hydrogens (tertiary/aromatic N) is 4. The molecule has 0 bridgehead atoms. The van der Waals surface area contributed by atoms with Crippen LogP contribution in [0.5, 0.6) is 0 Å². The average Bonchev–Trinajstić information content (AvgIpc) is 3.41. The van der Waals surface area contributed by atoms with Crippen molar-refractivity contribution in [2.24, 2.45) is 0 Å². The second-order valence-electron chi connectivity index (χ2n) is 8.87. The first-order valence-corrected chi connectivity index (χ1v) is 12.5. The van der Waals surface area contributed by atoms with Crippen molar-refractivity contribution in [3.8, 4) is 0 Å². The Hall–Kier alpha value is -2.96. The molecule has 0 atom stereocenters. The fraction of sp³-hybridized carbons (Fsp3) is 0.296. The second kappa shape index (κ2) is 8.76. The minimum Gasteiger partial charge on any atom is -0.353 e. The van der Waals surface area contributed by atoms with E-state index in [4.69, 9.17) is 4.37 Å². The molecule has 5 aromatic rings. The molecule has 1 aliphatic rings. The lowest BCUT2D eigenvalue weighted by Gasteiger charge is -2.35. The summed E-state index contributed by atoms with van der Waals surface area (Å²) in [6.45, 7) is 6.23. The standard InChI is InChI=1S/C27H27FN4S/c28-20-11-12-22-21-7-1-3-9-24(21)32(25(22)19-20)14-6-5-13-30-15-17-31(18-16-30)27-23-8-2-4-10-26(23)33-29-27/h1-4,7-12,19H,5-6,13-18H2. The number of benzene rings is 3. The van der Waals surface area contributed by atoms with Gasteiger partial charge < -0.3 is 9.47 Å². The van der Waals surface area contributed by atoms with Crippen LogP contribution >= 0.6 is 11.5 Å². The van der Waals surface area contributed by atoms with Gasteiger partial charge in [-0.25, -0.2) is 4.39 Å². The molecule has 6 rings (SSSR count). The maximum Gasteiger partial charge on any atom is 0.150 e. The van der Waals surface area contributed by atoms with Gasteiger partial charge in [-0.1, -0.05) is 30.3 Å². The van der Waals surface area contributed by atoms with Crippen molar-refractivity contribution in [3.63, 3.8) is 0 Å². The van der Waals surface area contributed by atoms with E-state index in [1.807, 2.05) is 6.07 Å². The third kappa shape index (κ3) is 3.87. The number of piperazine rings is 1. The van der Waals surface area contributed by atoms with Gasteiger partial charge in [-0.3, -0.25) is 4.90 Å². The first-order valence-electron chi connectivity index (χ1n) is 11.8. The molecule has 6 heteroatoms. The van der Waals surface area contributed by atoms with Gasteiger partial charge in [-0.05, 0) is 67.3 Å². The van der Waals surface area contributed by atoms with E-state index in [2.05, 4.69) is 62.9 Å². The molecule has 0 spiro atoms. The highest BCUT2D eigenvalue weighted by Crippen LogP contribution is 2.31. The van der Waals surface area contributed by atoms with Crippen LogP contribution in [0.2, 0.25) is 0 Å². The summed E-state index contributed by atoms with van der Waals surface area (Å²) >= 11 is 1.60. The minimum atomic E-state index is -0.169. The third-order valence-corrected chi connectivity index (χ3v) is 7.69. The van der Waals surface area contributed by atoms with Crippen LogP contribution < -0.4 is 4.90 Å². The van der Waals surface area contributed by atoms with Gasteiger partial charge in [-0.2, -0.15) is 4.37 Å². The summed E-state index contributed by atoms with van der Waals surface area (Å²) < 4.78 is 22.2. The fourth-order valence-electron chi connectivity index (χ4n) is 5.15. The topological polar surface area (TPSA) is 24.3 Å². The zero-order valence-electron chi connectivity index (χ0n) is 18.6. The fourth-order valence-corrected chi connectivity index (χ4v) is 5.95. The Morgan fingerprint density at radius 1 is 0.758 bits per heavy atom. The highest BCUT2D eigenvalue weighted by Gasteiger charge is 2.20. The molecule has 33 heavy (non-hydrogen) atoms. The Morgan fingerprint density at radius 2 is 1.48 bits per heavy atom. The molecular formula is C27H27FN4S. The van der Waals surface area contributed by atoms with Crippen LogP contribution in [0.15, 0.2) is 66.7 Å². The smallest absolute Gasteiger partial charge is 0.150 e. The normalized spacial score (nSPS) is 15.2. The number of hydrogen-bond acceptors (Lipinski definition) is 4. The minimum absolute atomic E-state index is 0.169. The van der Waals surface area contributed by atoms with Crippen LogP contribution in [0.1, 0.15) is 12.8 Å². The van der Waals surface area contributed by atoms with Gasteiger partial charge >= 0.3 is 0 Å². The molecule has 4 nitrogen and oxygen atoms in total. The van der Waals surface area contributed by atoms with Crippen molar-refractivity contribution in [1.29, 1.82) is 0 Å². The number of aromatic nitrogens is 2. The number of hydrogen-bond donors (Lipinski definition) is 0. The molecule has 0 radical (unpaired) electrons. The van der Waals surface area contributed by atoms with Gasteiger partial charge in [0.2, 0.25) is 0 Å². The van der Waals surface area contributed by atoms with Crippen LogP contribution in [-0.4, -0.2) is 46.6 Å². The van der Waals surface area contributed by atoms with E-state index in [1.165, 1.54) is 21.0 Å². The Bertz CT molecular complexity index is 1410. The van der Waals surface area contributed by atoms with E-state index < -0.39 is 0 Å². The van der Waals surface area contributed by atoms with E-state index in [9.17, 15) is 4.39 Å². The molecule has 1 aliphatic heterocycles. The van der Waals surface area contributed by atoms with Crippen LogP contribution in [0.25, 0.3) is 31.9 Å². The molecule has 0 aliphatic carbocycles. The van der Waals surface area contributed by atoms with Crippen LogP contribution in [0.4, 0.5) is 10.2 Å². The maximum absolute atomic E-state index is 14.0. The quantitative estimate of drug-likeness (QED) is 0.285. The van der Waals surface area contributed by atoms with Crippen LogP contribution in [0.3, 0.4) is 0 Å². The number of unbranched alkanes of at least 4 members (excludes halogenated alkanes) is 1. The van der Waals surface area contributed by atoms with Gasteiger partial charge in [0, 0.05) is 54.4 Å². The van der Waals surface area contributed by atoms with Gasteiger partial charge in [0.1, 0.15) is 11.6 Å². The van der Waals surface area contributed by atoms with Crippen molar-refractivity contribution in [3.05, 3.63) is 72.5 Å². The molecule has 0 amide bonds. The van der Waals surface area contributed by atoms with Crippen molar-refractivity contribution in [2.75, 3.05) is 37.6 Å². The predicted octanol–water partition coefficient (Wildman–Crippen LogP) is 6.15. The number of halogens is 1. The van der Waals surface area contributed by atoms with Gasteiger partial charge in [0.25, 0.3) is 0 Å². The third-order valence-electron chi connectivity index (χ3n) is 6.87. The summed E-state index contributed by atoms with van der Waals surface area (Å²) in [7, 11) is 0. The highest BCUT2D eigenvalue weighted by atomic mass is 32.1. The number of anilines is 1. The first kappa shape index (κ1) is 20.6. The van der Waals surface area contributed by atoms with E-state index >= 15 is 0 Å². The van der Waals surface area contributed by atoms with Crippen molar-refractivity contribution in [1.82, 2.24) is 13.8 Å². The Kier molecular flexibility index (Phi) is 5.48.